The van der Waals surface area contributed by atoms with Gasteiger partial charge in [0.05, 0.1) is 24.9 Å². The zero-order valence-corrected chi connectivity index (χ0v) is 20.0. The van der Waals surface area contributed by atoms with Crippen LogP contribution in [0.5, 0.6) is 0 Å². The summed E-state index contributed by atoms with van der Waals surface area (Å²) in [6.07, 6.45) is 7.09. The zero-order valence-electron chi connectivity index (χ0n) is 20.0. The predicted molar refractivity (Wildman–Crippen MR) is 119 cm³/mol. The van der Waals surface area contributed by atoms with E-state index in [-0.39, 0.29) is 29.1 Å². The molecule has 4 aliphatic carbocycles. The van der Waals surface area contributed by atoms with Crippen molar-refractivity contribution >= 4 is 5.78 Å². The molecule has 0 amide bonds. The number of fused-ring (bicyclic) bond motifs is 7. The van der Waals surface area contributed by atoms with E-state index >= 15 is 0 Å². The number of hydrogen-bond acceptors (Lipinski definition) is 5. The minimum atomic E-state index is -0.698. The third kappa shape index (κ3) is 2.63. The van der Waals surface area contributed by atoms with E-state index < -0.39 is 23.4 Å². The van der Waals surface area contributed by atoms with Crippen molar-refractivity contribution in [3.8, 4) is 0 Å². The first-order valence-corrected chi connectivity index (χ1v) is 13.0. The van der Waals surface area contributed by atoms with Crippen molar-refractivity contribution in [3.63, 3.8) is 0 Å². The number of allylic oxidation sites excluding steroid dienone is 2. The van der Waals surface area contributed by atoms with Gasteiger partial charge >= 0.3 is 0 Å². The Morgan fingerprint density at radius 2 is 1.84 bits per heavy atom. The highest BCUT2D eigenvalue weighted by atomic mass is 16.7. The summed E-state index contributed by atoms with van der Waals surface area (Å²) >= 11 is 0. The van der Waals surface area contributed by atoms with Gasteiger partial charge in [-0.1, -0.05) is 33.3 Å². The van der Waals surface area contributed by atoms with Crippen molar-refractivity contribution in [2.75, 3.05) is 6.61 Å². The van der Waals surface area contributed by atoms with Crippen molar-refractivity contribution in [1.82, 2.24) is 0 Å². The van der Waals surface area contributed by atoms with Crippen LogP contribution in [0.4, 0.5) is 0 Å². The van der Waals surface area contributed by atoms with Gasteiger partial charge in [0.15, 0.2) is 11.6 Å². The first-order valence-electron chi connectivity index (χ1n) is 13.0. The van der Waals surface area contributed by atoms with Crippen LogP contribution in [0.2, 0.25) is 0 Å². The highest BCUT2D eigenvalue weighted by molar-refractivity contribution is 5.97. The van der Waals surface area contributed by atoms with Gasteiger partial charge < -0.3 is 19.7 Å². The highest BCUT2D eigenvalue weighted by Crippen LogP contribution is 2.69. The molecule has 178 valence electrons. The fraction of sp³-hybridized carbons (Fsp3) is 0.889. The van der Waals surface area contributed by atoms with E-state index in [0.717, 1.165) is 38.7 Å². The standard InChI is InChI=1S/C27H40O5/c1-14-7-8-27(31-13-14)15(2)24-22(32-27)10-19-17-6-5-16-9-20(28)21(29)12-25(16,3)18(17)11-23(30)26(19,24)4/h11,14-17,19-22,24,28-29H,5-10,12-13H2,1-4H3/t14-,15+,16+,17-,19+,20-,21-,22+,24+,25+,26-,27-/m1/s1. The van der Waals surface area contributed by atoms with E-state index in [9.17, 15) is 15.0 Å². The Bertz CT molecular complexity index is 843. The van der Waals surface area contributed by atoms with Gasteiger partial charge in [0.1, 0.15) is 0 Å². The first kappa shape index (κ1) is 21.8. The van der Waals surface area contributed by atoms with Crippen molar-refractivity contribution < 1.29 is 24.5 Å². The summed E-state index contributed by atoms with van der Waals surface area (Å²) in [5.41, 5.74) is 0.675. The van der Waals surface area contributed by atoms with E-state index in [1.54, 1.807) is 0 Å². The van der Waals surface area contributed by atoms with Gasteiger partial charge in [-0.05, 0) is 73.7 Å². The number of aliphatic hydroxyl groups excluding tert-OH is 2. The first-order chi connectivity index (χ1) is 15.1. The van der Waals surface area contributed by atoms with Crippen LogP contribution in [0, 0.1) is 46.3 Å². The van der Waals surface area contributed by atoms with Gasteiger partial charge in [0.2, 0.25) is 0 Å². The van der Waals surface area contributed by atoms with E-state index in [1.165, 1.54) is 5.57 Å². The van der Waals surface area contributed by atoms with Crippen LogP contribution in [0.1, 0.15) is 72.6 Å². The Kier molecular flexibility index (Phi) is 4.69. The molecule has 2 heterocycles. The van der Waals surface area contributed by atoms with E-state index in [0.29, 0.717) is 36.5 Å². The highest BCUT2D eigenvalue weighted by Gasteiger charge is 2.70. The van der Waals surface area contributed by atoms with Crippen molar-refractivity contribution in [2.45, 2.75) is 96.7 Å². The zero-order chi connectivity index (χ0) is 22.6. The fourth-order valence-corrected chi connectivity index (χ4v) is 9.32. The minimum Gasteiger partial charge on any atom is -0.390 e. The summed E-state index contributed by atoms with van der Waals surface area (Å²) in [7, 11) is 0. The van der Waals surface area contributed by atoms with E-state index in [2.05, 4.69) is 27.7 Å². The average molecular weight is 445 g/mol. The van der Waals surface area contributed by atoms with Crippen molar-refractivity contribution in [1.29, 1.82) is 0 Å². The van der Waals surface area contributed by atoms with Crippen LogP contribution in [0.3, 0.4) is 0 Å². The van der Waals surface area contributed by atoms with E-state index in [4.69, 9.17) is 9.47 Å². The number of rotatable bonds is 0. The molecule has 0 aromatic rings. The molecule has 0 radical (unpaired) electrons. The van der Waals surface area contributed by atoms with Gasteiger partial charge in [-0.15, -0.1) is 0 Å². The molecule has 12 atom stereocenters. The topological polar surface area (TPSA) is 76.0 Å². The average Bonchev–Trinajstić information content (AvgIpc) is 3.19. The molecule has 0 aromatic carbocycles. The molecule has 5 nitrogen and oxygen atoms in total. The lowest BCUT2D eigenvalue weighted by atomic mass is 9.47. The maximum Gasteiger partial charge on any atom is 0.171 e. The summed E-state index contributed by atoms with van der Waals surface area (Å²) in [6, 6.07) is 0. The Hall–Kier alpha value is -0.750. The summed E-state index contributed by atoms with van der Waals surface area (Å²) < 4.78 is 13.1. The molecule has 2 N–H and O–H groups in total. The summed E-state index contributed by atoms with van der Waals surface area (Å²) in [4.78, 5) is 13.9. The smallest absolute Gasteiger partial charge is 0.171 e. The summed E-state index contributed by atoms with van der Waals surface area (Å²) in [5, 5.41) is 20.8. The van der Waals surface area contributed by atoms with Gasteiger partial charge in [-0.3, -0.25) is 4.79 Å². The Morgan fingerprint density at radius 1 is 1.06 bits per heavy atom. The molecule has 1 spiro atoms. The molecule has 5 heteroatoms. The van der Waals surface area contributed by atoms with Gasteiger partial charge in [0, 0.05) is 23.7 Å². The maximum absolute atomic E-state index is 13.9. The molecule has 6 rings (SSSR count). The lowest BCUT2D eigenvalue weighted by molar-refractivity contribution is -0.271. The fourth-order valence-electron chi connectivity index (χ4n) is 9.32. The minimum absolute atomic E-state index is 0.0920. The number of carbonyl (C=O) groups excluding carboxylic acids is 1. The van der Waals surface area contributed by atoms with E-state index in [1.807, 2.05) is 6.08 Å². The molecular formula is C27H40O5. The third-order valence-corrected chi connectivity index (χ3v) is 11.2. The lowest BCUT2D eigenvalue weighted by Gasteiger charge is -2.57. The van der Waals surface area contributed by atoms with Gasteiger partial charge in [-0.2, -0.15) is 0 Å². The molecular weight excluding hydrogens is 404 g/mol. The summed E-state index contributed by atoms with van der Waals surface area (Å²) in [5.74, 6) is 1.77. The summed E-state index contributed by atoms with van der Waals surface area (Å²) in [6.45, 7) is 9.70. The Balaban J connectivity index is 1.35. The van der Waals surface area contributed by atoms with Crippen molar-refractivity contribution in [3.05, 3.63) is 11.6 Å². The van der Waals surface area contributed by atoms with Gasteiger partial charge in [-0.25, -0.2) is 0 Å². The third-order valence-electron chi connectivity index (χ3n) is 11.2. The van der Waals surface area contributed by atoms with Crippen LogP contribution < -0.4 is 0 Å². The molecule has 2 aliphatic heterocycles. The Morgan fingerprint density at radius 3 is 2.56 bits per heavy atom. The SMILES string of the molecule is C[C@@H]1CC[C@@]2(OC1)O[C@H]1C[C@H]3[C@@H]4CC[C@H]5C[C@@H](O)[C@H](O)C[C@]5(C)C4=CC(=O)[C@]3(C)[C@H]1[C@@H]2C. The van der Waals surface area contributed by atoms with Gasteiger partial charge in [0.25, 0.3) is 0 Å². The second kappa shape index (κ2) is 6.90. The van der Waals surface area contributed by atoms with Crippen molar-refractivity contribution in [2.24, 2.45) is 46.3 Å². The molecule has 6 aliphatic rings. The van der Waals surface area contributed by atoms with Crippen LogP contribution in [0.15, 0.2) is 11.6 Å². The largest absolute Gasteiger partial charge is 0.390 e. The van der Waals surface area contributed by atoms with Crippen LogP contribution >= 0.6 is 0 Å². The number of ether oxygens (including phenoxy) is 2. The Labute approximate surface area is 191 Å². The monoisotopic (exact) mass is 444 g/mol. The molecule has 0 aromatic heterocycles. The predicted octanol–water partition coefficient (Wildman–Crippen LogP) is 3.86. The molecule has 2 saturated heterocycles. The number of carbonyl (C=O) groups is 1. The quantitative estimate of drug-likeness (QED) is 0.593. The number of aliphatic hydroxyl groups is 2. The second-order valence-corrected chi connectivity index (χ2v) is 12.7. The maximum atomic E-state index is 13.9. The molecule has 3 saturated carbocycles. The molecule has 0 unspecified atom stereocenters. The molecule has 32 heavy (non-hydrogen) atoms. The number of hydrogen-bond donors (Lipinski definition) is 2. The lowest BCUT2D eigenvalue weighted by Crippen LogP contribution is -2.55. The second-order valence-electron chi connectivity index (χ2n) is 12.7. The van der Waals surface area contributed by atoms with Crippen LogP contribution in [-0.2, 0) is 14.3 Å². The normalized spacial score (nSPS) is 59.2. The van der Waals surface area contributed by atoms with Crippen LogP contribution in [0.25, 0.3) is 0 Å². The molecule has 0 bridgehead atoms. The molecule has 5 fully saturated rings. The van der Waals surface area contributed by atoms with Crippen LogP contribution in [-0.4, -0.2) is 46.7 Å². The number of ketones is 1.